The van der Waals surface area contributed by atoms with E-state index in [2.05, 4.69) is 5.32 Å². The number of ether oxygens (including phenoxy) is 1. The van der Waals surface area contributed by atoms with Crippen LogP contribution in [0, 0.1) is 5.82 Å². The van der Waals surface area contributed by atoms with Crippen LogP contribution in [0.4, 0.5) is 10.1 Å². The molecule has 0 heterocycles. The predicted molar refractivity (Wildman–Crippen MR) is 149 cm³/mol. The van der Waals surface area contributed by atoms with Gasteiger partial charge in [0.05, 0.1) is 18.6 Å². The third-order valence-electron chi connectivity index (χ3n) is 6.03. The van der Waals surface area contributed by atoms with Gasteiger partial charge in [0, 0.05) is 25.1 Å². The summed E-state index contributed by atoms with van der Waals surface area (Å²) >= 11 is 0. The highest BCUT2D eigenvalue weighted by Gasteiger charge is 2.33. The van der Waals surface area contributed by atoms with Crippen LogP contribution in [-0.4, -0.2) is 57.1 Å². The zero-order valence-electron chi connectivity index (χ0n) is 22.3. The first-order valence-electron chi connectivity index (χ1n) is 12.7. The minimum Gasteiger partial charge on any atom is -0.492 e. The molecule has 0 fully saturated rings. The molecule has 0 aliphatic rings. The van der Waals surface area contributed by atoms with Crippen LogP contribution in [0.2, 0.25) is 0 Å². The number of para-hydroxylation sites is 2. The standard InChI is InChI=1S/C29H34FN3O5S/c1-4-31-29(35)26(19-22-13-7-6-8-14-22)32(20-23-15-9-10-16-24(23)30)28(34)21-33(39(3,36)37)25-17-11-12-18-27(25)38-5-2/h6-18,26H,4-5,19-21H2,1-3H3,(H,31,35)/t26-/m1/s1. The number of sulfonamides is 1. The van der Waals surface area contributed by atoms with Gasteiger partial charge in [0.25, 0.3) is 0 Å². The lowest BCUT2D eigenvalue weighted by Gasteiger charge is -2.33. The number of carbonyl (C=O) groups excluding carboxylic acids is 2. The maximum Gasteiger partial charge on any atom is 0.244 e. The fraction of sp³-hybridized carbons (Fsp3) is 0.310. The number of anilines is 1. The molecule has 0 aromatic heterocycles. The summed E-state index contributed by atoms with van der Waals surface area (Å²) in [6, 6.07) is 20.6. The second-order valence-corrected chi connectivity index (χ2v) is 10.8. The van der Waals surface area contributed by atoms with Gasteiger partial charge in [0.2, 0.25) is 21.8 Å². The molecule has 0 unspecified atom stereocenters. The van der Waals surface area contributed by atoms with Gasteiger partial charge in [-0.25, -0.2) is 12.8 Å². The summed E-state index contributed by atoms with van der Waals surface area (Å²) in [7, 11) is -3.95. The van der Waals surface area contributed by atoms with Gasteiger partial charge in [-0.1, -0.05) is 60.7 Å². The Hall–Kier alpha value is -3.92. The Balaban J connectivity index is 2.07. The number of hydrogen-bond acceptors (Lipinski definition) is 5. The molecule has 0 aliphatic carbocycles. The smallest absolute Gasteiger partial charge is 0.244 e. The molecule has 10 heteroatoms. The summed E-state index contributed by atoms with van der Waals surface area (Å²) in [5.74, 6) is -1.33. The number of halogens is 1. The molecular weight excluding hydrogens is 521 g/mol. The fourth-order valence-electron chi connectivity index (χ4n) is 4.19. The highest BCUT2D eigenvalue weighted by atomic mass is 32.2. The van der Waals surface area contributed by atoms with Crippen molar-refractivity contribution in [1.29, 1.82) is 0 Å². The van der Waals surface area contributed by atoms with E-state index in [0.717, 1.165) is 16.1 Å². The van der Waals surface area contributed by atoms with Gasteiger partial charge in [-0.15, -0.1) is 0 Å². The zero-order chi connectivity index (χ0) is 28.4. The Kier molecular flexibility index (Phi) is 10.4. The largest absolute Gasteiger partial charge is 0.492 e. The van der Waals surface area contributed by atoms with Gasteiger partial charge in [0.15, 0.2) is 0 Å². The van der Waals surface area contributed by atoms with Gasteiger partial charge >= 0.3 is 0 Å². The molecule has 0 radical (unpaired) electrons. The topological polar surface area (TPSA) is 96.0 Å². The van der Waals surface area contributed by atoms with E-state index < -0.39 is 40.2 Å². The number of amides is 2. The monoisotopic (exact) mass is 555 g/mol. The first-order valence-corrected chi connectivity index (χ1v) is 14.5. The third-order valence-corrected chi connectivity index (χ3v) is 7.16. The molecule has 1 atom stereocenters. The van der Waals surface area contributed by atoms with E-state index in [-0.39, 0.29) is 30.8 Å². The SMILES string of the molecule is CCNC(=O)[C@@H](Cc1ccccc1)N(Cc1ccccc1F)C(=O)CN(c1ccccc1OCC)S(C)(=O)=O. The lowest BCUT2D eigenvalue weighted by molar-refractivity contribution is -0.140. The van der Waals surface area contributed by atoms with E-state index in [4.69, 9.17) is 4.74 Å². The summed E-state index contributed by atoms with van der Waals surface area (Å²) in [6.07, 6.45) is 1.15. The van der Waals surface area contributed by atoms with E-state index in [0.29, 0.717) is 12.3 Å². The lowest BCUT2D eigenvalue weighted by Crippen LogP contribution is -2.53. The normalized spacial score (nSPS) is 11.9. The molecule has 0 bridgehead atoms. The summed E-state index contributed by atoms with van der Waals surface area (Å²) in [4.78, 5) is 28.5. The zero-order valence-corrected chi connectivity index (χ0v) is 23.2. The van der Waals surface area contributed by atoms with Crippen molar-refractivity contribution in [3.8, 4) is 5.75 Å². The fourth-order valence-corrected chi connectivity index (χ4v) is 5.04. The maximum atomic E-state index is 14.7. The van der Waals surface area contributed by atoms with E-state index in [1.54, 1.807) is 44.2 Å². The van der Waals surface area contributed by atoms with Crippen LogP contribution in [0.1, 0.15) is 25.0 Å². The van der Waals surface area contributed by atoms with Crippen molar-refractivity contribution in [2.75, 3.05) is 30.3 Å². The highest BCUT2D eigenvalue weighted by molar-refractivity contribution is 7.92. The van der Waals surface area contributed by atoms with Gasteiger partial charge < -0.3 is 15.0 Å². The molecule has 0 aliphatic heterocycles. The summed E-state index contributed by atoms with van der Waals surface area (Å²) in [6.45, 7) is 3.30. The van der Waals surface area contributed by atoms with Crippen molar-refractivity contribution in [3.63, 3.8) is 0 Å². The van der Waals surface area contributed by atoms with Crippen LogP contribution in [0.3, 0.4) is 0 Å². The van der Waals surface area contributed by atoms with E-state index in [1.807, 2.05) is 30.3 Å². The number of nitrogens with one attached hydrogen (secondary N) is 1. The molecule has 3 aromatic carbocycles. The molecule has 3 aromatic rings. The Morgan fingerprint density at radius 3 is 2.23 bits per heavy atom. The van der Waals surface area contributed by atoms with Crippen molar-refractivity contribution >= 4 is 27.5 Å². The van der Waals surface area contributed by atoms with Gasteiger partial charge in [-0.05, 0) is 37.6 Å². The van der Waals surface area contributed by atoms with E-state index in [9.17, 15) is 22.4 Å². The van der Waals surface area contributed by atoms with Crippen LogP contribution in [0.15, 0.2) is 78.9 Å². The second-order valence-electron chi connectivity index (χ2n) is 8.88. The predicted octanol–water partition coefficient (Wildman–Crippen LogP) is 3.77. The van der Waals surface area contributed by atoms with Crippen LogP contribution in [-0.2, 0) is 32.6 Å². The molecule has 0 saturated carbocycles. The minimum absolute atomic E-state index is 0.154. The number of hydrogen-bond donors (Lipinski definition) is 1. The van der Waals surface area contributed by atoms with Crippen molar-refractivity contribution in [2.24, 2.45) is 0 Å². The average molecular weight is 556 g/mol. The summed E-state index contributed by atoms with van der Waals surface area (Å²) < 4.78 is 47.1. The first-order chi connectivity index (χ1) is 18.7. The van der Waals surface area contributed by atoms with Gasteiger partial charge in [-0.3, -0.25) is 13.9 Å². The number of nitrogens with zero attached hydrogens (tertiary/aromatic N) is 2. The molecular formula is C29H34FN3O5S. The van der Waals surface area contributed by atoms with Crippen LogP contribution >= 0.6 is 0 Å². The van der Waals surface area contributed by atoms with E-state index >= 15 is 0 Å². The van der Waals surface area contributed by atoms with Crippen molar-refractivity contribution < 1.29 is 27.1 Å². The second kappa shape index (κ2) is 13.7. The average Bonchev–Trinajstić information content (AvgIpc) is 2.91. The Morgan fingerprint density at radius 1 is 0.949 bits per heavy atom. The Labute approximate surface area is 229 Å². The molecule has 2 amide bonds. The van der Waals surface area contributed by atoms with Crippen LogP contribution < -0.4 is 14.4 Å². The number of benzene rings is 3. The van der Waals surface area contributed by atoms with E-state index in [1.165, 1.54) is 23.1 Å². The van der Waals surface area contributed by atoms with Crippen molar-refractivity contribution in [1.82, 2.24) is 10.2 Å². The number of likely N-dealkylation sites (N-methyl/N-ethyl adjacent to an activating group) is 1. The first kappa shape index (κ1) is 29.6. The Bertz CT molecular complexity index is 1370. The molecule has 0 spiro atoms. The molecule has 208 valence electrons. The quantitative estimate of drug-likeness (QED) is 0.347. The molecule has 39 heavy (non-hydrogen) atoms. The minimum atomic E-state index is -3.95. The third kappa shape index (κ3) is 8.03. The van der Waals surface area contributed by atoms with Crippen molar-refractivity contribution in [2.45, 2.75) is 32.9 Å². The highest BCUT2D eigenvalue weighted by Crippen LogP contribution is 2.30. The molecule has 3 rings (SSSR count). The van der Waals surface area contributed by atoms with Crippen molar-refractivity contribution in [3.05, 3.63) is 95.8 Å². The maximum absolute atomic E-state index is 14.7. The molecule has 0 saturated heterocycles. The van der Waals surface area contributed by atoms with Crippen LogP contribution in [0.5, 0.6) is 5.75 Å². The number of carbonyl (C=O) groups is 2. The lowest BCUT2D eigenvalue weighted by atomic mass is 10.0. The summed E-state index contributed by atoms with van der Waals surface area (Å²) in [5.41, 5.74) is 1.19. The molecule has 1 N–H and O–H groups in total. The van der Waals surface area contributed by atoms with Gasteiger partial charge in [0.1, 0.15) is 24.2 Å². The summed E-state index contributed by atoms with van der Waals surface area (Å²) in [5, 5.41) is 2.76. The number of rotatable bonds is 13. The van der Waals surface area contributed by atoms with Crippen LogP contribution in [0.25, 0.3) is 0 Å². The molecule has 8 nitrogen and oxygen atoms in total. The van der Waals surface area contributed by atoms with Gasteiger partial charge in [-0.2, -0.15) is 0 Å². The Morgan fingerprint density at radius 2 is 1.59 bits per heavy atom.